The van der Waals surface area contributed by atoms with Crippen molar-refractivity contribution in [2.45, 2.75) is 32.7 Å². The topological polar surface area (TPSA) is 38.9 Å². The Morgan fingerprint density at radius 1 is 0.405 bits per heavy atom. The van der Waals surface area contributed by atoms with Gasteiger partial charge >= 0.3 is 0 Å². The quantitative estimate of drug-likeness (QED) is 0.176. The summed E-state index contributed by atoms with van der Waals surface area (Å²) in [6, 6.07) is 48.9. The van der Waals surface area contributed by atoms with E-state index < -0.39 is 0 Å². The predicted molar refractivity (Wildman–Crippen MR) is 170 cm³/mol. The molecule has 0 N–H and O–H groups in total. The molecule has 5 nitrogen and oxygen atoms in total. The average Bonchev–Trinajstić information content (AvgIpc) is 3.55. The van der Waals surface area contributed by atoms with Crippen LogP contribution in [0.5, 0.6) is 0 Å². The molecule has 0 bridgehead atoms. The number of para-hydroxylation sites is 4. The number of rotatable bonds is 10. The Bertz CT molecular complexity index is 1780. The van der Waals surface area contributed by atoms with Gasteiger partial charge in [0.25, 0.3) is 0 Å². The summed E-state index contributed by atoms with van der Waals surface area (Å²) in [6.07, 6.45) is 0. The van der Waals surface area contributed by atoms with Crippen molar-refractivity contribution < 1.29 is 0 Å². The Morgan fingerprint density at radius 3 is 1.24 bits per heavy atom. The van der Waals surface area contributed by atoms with E-state index in [1.165, 1.54) is 16.7 Å². The molecule has 42 heavy (non-hydrogen) atoms. The third-order valence-corrected chi connectivity index (χ3v) is 7.81. The molecule has 2 aromatic heterocycles. The third kappa shape index (κ3) is 5.60. The molecule has 0 spiro atoms. The minimum atomic E-state index is 0.699. The highest BCUT2D eigenvalue weighted by Gasteiger charge is 2.19. The van der Waals surface area contributed by atoms with Crippen LogP contribution in [0.15, 0.2) is 140 Å². The van der Waals surface area contributed by atoms with Gasteiger partial charge in [0.1, 0.15) is 11.6 Å². The number of nitrogens with zero attached hydrogens (tertiary/aromatic N) is 5. The molecular weight excluding hydrogens is 514 g/mol. The van der Waals surface area contributed by atoms with E-state index in [9.17, 15) is 0 Å². The molecule has 0 fully saturated rings. The molecule has 0 saturated heterocycles. The zero-order chi connectivity index (χ0) is 28.1. The summed E-state index contributed by atoms with van der Waals surface area (Å²) in [5.41, 5.74) is 8.18. The van der Waals surface area contributed by atoms with Crippen LogP contribution in [-0.2, 0) is 32.7 Å². The summed E-state index contributed by atoms with van der Waals surface area (Å²) in [7, 11) is 0. The SMILES string of the molecule is c1ccc(CN(Cc2nc3ccccc3n2Cc2ccccc2)Cc2nc3ccccc3n2Cc2ccccc2)cc1. The second-order valence-corrected chi connectivity index (χ2v) is 10.8. The van der Waals surface area contributed by atoms with Crippen LogP contribution >= 0.6 is 0 Å². The van der Waals surface area contributed by atoms with Crippen molar-refractivity contribution in [1.29, 1.82) is 0 Å². The number of benzene rings is 5. The summed E-state index contributed by atoms with van der Waals surface area (Å²) in [6.45, 7) is 3.75. The Balaban J connectivity index is 1.28. The van der Waals surface area contributed by atoms with Crippen molar-refractivity contribution in [1.82, 2.24) is 24.0 Å². The van der Waals surface area contributed by atoms with Crippen molar-refractivity contribution in [2.24, 2.45) is 0 Å². The van der Waals surface area contributed by atoms with Gasteiger partial charge in [-0.3, -0.25) is 4.90 Å². The van der Waals surface area contributed by atoms with E-state index in [4.69, 9.17) is 9.97 Å². The van der Waals surface area contributed by atoms with Gasteiger partial charge in [-0.25, -0.2) is 9.97 Å². The molecule has 7 aromatic rings. The van der Waals surface area contributed by atoms with Crippen molar-refractivity contribution in [3.8, 4) is 0 Å². The van der Waals surface area contributed by atoms with Crippen LogP contribution in [-0.4, -0.2) is 24.0 Å². The third-order valence-electron chi connectivity index (χ3n) is 7.81. The fourth-order valence-corrected chi connectivity index (χ4v) is 5.79. The molecule has 0 unspecified atom stereocenters. The molecule has 2 heterocycles. The fraction of sp³-hybridized carbons (Fsp3) is 0.135. The van der Waals surface area contributed by atoms with Crippen LogP contribution in [0.2, 0.25) is 0 Å². The molecule has 5 heteroatoms. The van der Waals surface area contributed by atoms with E-state index in [0.29, 0.717) is 13.1 Å². The highest BCUT2D eigenvalue weighted by Crippen LogP contribution is 2.24. The number of aromatic nitrogens is 4. The van der Waals surface area contributed by atoms with Crippen LogP contribution in [0.25, 0.3) is 22.1 Å². The molecule has 0 aliphatic rings. The second kappa shape index (κ2) is 11.9. The molecule has 0 aliphatic heterocycles. The van der Waals surface area contributed by atoms with E-state index in [1.807, 2.05) is 0 Å². The minimum absolute atomic E-state index is 0.699. The van der Waals surface area contributed by atoms with Gasteiger partial charge in [-0.1, -0.05) is 115 Å². The number of fused-ring (bicyclic) bond motifs is 2. The van der Waals surface area contributed by atoms with Crippen LogP contribution < -0.4 is 0 Å². The average molecular weight is 548 g/mol. The van der Waals surface area contributed by atoms with Crippen LogP contribution in [0.1, 0.15) is 28.3 Å². The Kier molecular flexibility index (Phi) is 7.32. The lowest BCUT2D eigenvalue weighted by molar-refractivity contribution is 0.230. The van der Waals surface area contributed by atoms with Gasteiger partial charge in [0.15, 0.2) is 0 Å². The normalized spacial score (nSPS) is 11.5. The largest absolute Gasteiger partial charge is 0.322 e. The number of imidazole rings is 2. The van der Waals surface area contributed by atoms with Crippen molar-refractivity contribution in [3.05, 3.63) is 168 Å². The lowest BCUT2D eigenvalue weighted by atomic mass is 10.2. The van der Waals surface area contributed by atoms with E-state index >= 15 is 0 Å². The van der Waals surface area contributed by atoms with Crippen molar-refractivity contribution in [2.75, 3.05) is 0 Å². The lowest BCUT2D eigenvalue weighted by Crippen LogP contribution is -2.26. The zero-order valence-corrected chi connectivity index (χ0v) is 23.6. The highest BCUT2D eigenvalue weighted by molar-refractivity contribution is 5.76. The molecule has 5 aromatic carbocycles. The summed E-state index contributed by atoms with van der Waals surface area (Å²) >= 11 is 0. The van der Waals surface area contributed by atoms with Gasteiger partial charge in [-0.05, 0) is 41.0 Å². The van der Waals surface area contributed by atoms with Crippen LogP contribution in [0.4, 0.5) is 0 Å². The van der Waals surface area contributed by atoms with Crippen molar-refractivity contribution in [3.63, 3.8) is 0 Å². The Morgan fingerprint density at radius 2 is 0.786 bits per heavy atom. The first-order chi connectivity index (χ1) is 20.8. The summed E-state index contributed by atoms with van der Waals surface area (Å²) in [5, 5.41) is 0. The monoisotopic (exact) mass is 547 g/mol. The zero-order valence-electron chi connectivity index (χ0n) is 23.6. The van der Waals surface area contributed by atoms with Crippen molar-refractivity contribution >= 4 is 22.1 Å². The van der Waals surface area contributed by atoms with E-state index in [0.717, 1.165) is 53.3 Å². The van der Waals surface area contributed by atoms with E-state index in [-0.39, 0.29) is 0 Å². The predicted octanol–water partition coefficient (Wildman–Crippen LogP) is 7.69. The smallest absolute Gasteiger partial charge is 0.124 e. The maximum atomic E-state index is 5.16. The van der Waals surface area contributed by atoms with Crippen LogP contribution in [0, 0.1) is 0 Å². The fourth-order valence-electron chi connectivity index (χ4n) is 5.79. The molecule has 0 saturated carbocycles. The molecule has 0 radical (unpaired) electrons. The standard InChI is InChI=1S/C37H33N5/c1-4-14-29(15-5-1)24-40(27-36-38-32-20-10-12-22-34(32)41(36)25-30-16-6-2-7-17-30)28-37-39-33-21-11-13-23-35(33)42(37)26-31-18-8-3-9-19-31/h1-23H,24-28H2. The molecule has 206 valence electrons. The van der Waals surface area contributed by atoms with Gasteiger partial charge in [0.2, 0.25) is 0 Å². The summed E-state index contributed by atoms with van der Waals surface area (Å²) < 4.78 is 4.74. The molecular formula is C37H33N5. The first-order valence-corrected chi connectivity index (χ1v) is 14.5. The Labute approximate surface area is 246 Å². The van der Waals surface area contributed by atoms with Crippen LogP contribution in [0.3, 0.4) is 0 Å². The molecule has 7 rings (SSSR count). The maximum Gasteiger partial charge on any atom is 0.124 e. The van der Waals surface area contributed by atoms with E-state index in [1.54, 1.807) is 0 Å². The van der Waals surface area contributed by atoms with Gasteiger partial charge in [-0.2, -0.15) is 0 Å². The molecule has 0 aliphatic carbocycles. The highest BCUT2D eigenvalue weighted by atomic mass is 15.2. The molecule has 0 atom stereocenters. The molecule has 0 amide bonds. The lowest BCUT2D eigenvalue weighted by Gasteiger charge is -2.23. The number of hydrogen-bond acceptors (Lipinski definition) is 3. The Hall–Kier alpha value is -5.00. The van der Waals surface area contributed by atoms with Gasteiger partial charge in [0.05, 0.1) is 35.2 Å². The maximum absolute atomic E-state index is 5.16. The number of hydrogen-bond donors (Lipinski definition) is 0. The van der Waals surface area contributed by atoms with Gasteiger partial charge < -0.3 is 9.13 Å². The summed E-state index contributed by atoms with van der Waals surface area (Å²) in [4.78, 5) is 12.8. The summed E-state index contributed by atoms with van der Waals surface area (Å²) in [5.74, 6) is 2.11. The first-order valence-electron chi connectivity index (χ1n) is 14.5. The first kappa shape index (κ1) is 25.9. The second-order valence-electron chi connectivity index (χ2n) is 10.8. The minimum Gasteiger partial charge on any atom is -0.322 e. The van der Waals surface area contributed by atoms with Gasteiger partial charge in [0, 0.05) is 19.6 Å². The van der Waals surface area contributed by atoms with E-state index in [2.05, 4.69) is 154 Å². The van der Waals surface area contributed by atoms with Gasteiger partial charge in [-0.15, -0.1) is 0 Å².